The van der Waals surface area contributed by atoms with E-state index < -0.39 is 0 Å². The molecule has 3 nitrogen and oxygen atoms in total. The summed E-state index contributed by atoms with van der Waals surface area (Å²) >= 11 is 0. The Morgan fingerprint density at radius 3 is 2.52 bits per heavy atom. The van der Waals surface area contributed by atoms with Crippen molar-refractivity contribution in [1.82, 2.24) is 0 Å². The zero-order valence-corrected chi connectivity index (χ0v) is 11.8. The van der Waals surface area contributed by atoms with Crippen molar-refractivity contribution in [1.29, 1.82) is 0 Å². The number of carbonyl (C=O) groups is 2. The number of fused-ring (bicyclic) bond motifs is 1. The molecule has 3 heteroatoms. The number of hydrogen-bond acceptors (Lipinski definition) is 3. The van der Waals surface area contributed by atoms with Gasteiger partial charge in [0.2, 0.25) is 0 Å². The lowest BCUT2D eigenvalue weighted by Gasteiger charge is -2.09. The smallest absolute Gasteiger partial charge is 0.313 e. The van der Waals surface area contributed by atoms with Crippen molar-refractivity contribution >= 4 is 11.8 Å². The van der Waals surface area contributed by atoms with Crippen LogP contribution in [0.2, 0.25) is 0 Å². The van der Waals surface area contributed by atoms with Crippen molar-refractivity contribution < 1.29 is 14.3 Å². The molecule has 0 aliphatic heterocycles. The maximum atomic E-state index is 12.4. The minimum Gasteiger partial charge on any atom is -0.469 e. The highest BCUT2D eigenvalue weighted by Gasteiger charge is 2.29. The third-order valence-corrected chi connectivity index (χ3v) is 4.00. The fraction of sp³-hybridized carbons (Fsp3) is 0.222. The summed E-state index contributed by atoms with van der Waals surface area (Å²) in [7, 11) is 1.41. The largest absolute Gasteiger partial charge is 0.469 e. The van der Waals surface area contributed by atoms with Crippen LogP contribution < -0.4 is 0 Å². The summed E-state index contributed by atoms with van der Waals surface area (Å²) in [5.41, 5.74) is 3.42. The fourth-order valence-corrected chi connectivity index (χ4v) is 2.90. The van der Waals surface area contributed by atoms with Gasteiger partial charge >= 0.3 is 5.97 Å². The first kappa shape index (κ1) is 13.6. The van der Waals surface area contributed by atoms with Crippen molar-refractivity contribution in [3.63, 3.8) is 0 Å². The van der Waals surface area contributed by atoms with E-state index in [1.54, 1.807) is 6.07 Å². The van der Waals surface area contributed by atoms with E-state index >= 15 is 0 Å². The van der Waals surface area contributed by atoms with Gasteiger partial charge in [0.25, 0.3) is 0 Å². The van der Waals surface area contributed by atoms with E-state index in [0.717, 1.165) is 24.0 Å². The minimum atomic E-state index is -0.198. The molecule has 0 radical (unpaired) electrons. The molecular formula is C18H16O3. The van der Waals surface area contributed by atoms with E-state index in [0.29, 0.717) is 11.1 Å². The summed E-state index contributed by atoms with van der Waals surface area (Å²) in [5, 5.41) is 0. The van der Waals surface area contributed by atoms with Crippen LogP contribution in [0, 0.1) is 0 Å². The zero-order chi connectivity index (χ0) is 14.8. The Kier molecular flexibility index (Phi) is 3.57. The van der Waals surface area contributed by atoms with Crippen molar-refractivity contribution in [3.05, 3.63) is 70.8 Å². The van der Waals surface area contributed by atoms with Gasteiger partial charge in [0, 0.05) is 11.1 Å². The lowest BCUT2D eigenvalue weighted by Crippen LogP contribution is -2.11. The summed E-state index contributed by atoms with van der Waals surface area (Å²) < 4.78 is 4.83. The predicted octanol–water partition coefficient (Wildman–Crippen LogP) is 3.12. The van der Waals surface area contributed by atoms with E-state index in [-0.39, 0.29) is 17.7 Å². The lowest BCUT2D eigenvalue weighted by molar-refractivity contribution is -0.142. The SMILES string of the molecule is COC(=O)C1CCc2cc(C(=O)c3ccccc3)ccc21. The molecule has 0 amide bonds. The number of carbonyl (C=O) groups excluding carboxylic acids is 2. The number of ether oxygens (including phenoxy) is 1. The molecule has 1 aliphatic rings. The fourth-order valence-electron chi connectivity index (χ4n) is 2.90. The third kappa shape index (κ3) is 2.47. The summed E-state index contributed by atoms with van der Waals surface area (Å²) in [6.07, 6.45) is 1.57. The maximum absolute atomic E-state index is 12.4. The molecule has 2 aromatic rings. The average molecular weight is 280 g/mol. The van der Waals surface area contributed by atoms with Gasteiger partial charge < -0.3 is 4.74 Å². The van der Waals surface area contributed by atoms with Gasteiger partial charge in [-0.1, -0.05) is 42.5 Å². The Labute approximate surface area is 123 Å². The second-order valence-electron chi connectivity index (χ2n) is 5.22. The van der Waals surface area contributed by atoms with Gasteiger partial charge in [-0.25, -0.2) is 0 Å². The first-order valence-corrected chi connectivity index (χ1v) is 7.01. The molecule has 0 bridgehead atoms. The molecule has 0 aromatic heterocycles. The van der Waals surface area contributed by atoms with Crippen molar-refractivity contribution in [3.8, 4) is 0 Å². The normalized spacial score (nSPS) is 16.3. The van der Waals surface area contributed by atoms with E-state index in [1.165, 1.54) is 7.11 Å². The second kappa shape index (κ2) is 5.52. The molecule has 1 unspecified atom stereocenters. The van der Waals surface area contributed by atoms with Gasteiger partial charge in [0.05, 0.1) is 13.0 Å². The van der Waals surface area contributed by atoms with Crippen LogP contribution >= 0.6 is 0 Å². The molecule has 1 atom stereocenters. The molecule has 0 fully saturated rings. The van der Waals surface area contributed by atoms with Crippen LogP contribution in [0.15, 0.2) is 48.5 Å². The van der Waals surface area contributed by atoms with E-state index in [9.17, 15) is 9.59 Å². The van der Waals surface area contributed by atoms with Crippen molar-refractivity contribution in [2.75, 3.05) is 7.11 Å². The molecule has 0 heterocycles. The highest BCUT2D eigenvalue weighted by molar-refractivity contribution is 6.09. The number of ketones is 1. The van der Waals surface area contributed by atoms with Gasteiger partial charge in [-0.15, -0.1) is 0 Å². The minimum absolute atomic E-state index is 0.0138. The molecule has 2 aromatic carbocycles. The van der Waals surface area contributed by atoms with Crippen LogP contribution in [0.1, 0.15) is 39.4 Å². The number of esters is 1. The number of benzene rings is 2. The Morgan fingerprint density at radius 2 is 1.81 bits per heavy atom. The maximum Gasteiger partial charge on any atom is 0.313 e. The Balaban J connectivity index is 1.91. The highest BCUT2D eigenvalue weighted by Crippen LogP contribution is 2.34. The number of rotatable bonds is 3. The van der Waals surface area contributed by atoms with Gasteiger partial charge in [-0.2, -0.15) is 0 Å². The number of aryl methyl sites for hydroxylation is 1. The topological polar surface area (TPSA) is 43.4 Å². The molecule has 0 N–H and O–H groups in total. The van der Waals surface area contributed by atoms with Crippen LogP contribution in [0.25, 0.3) is 0 Å². The average Bonchev–Trinajstić information content (AvgIpc) is 2.97. The molecule has 0 saturated heterocycles. The Bertz CT molecular complexity index is 689. The first-order chi connectivity index (χ1) is 10.2. The quantitative estimate of drug-likeness (QED) is 0.641. The number of hydrogen-bond donors (Lipinski definition) is 0. The summed E-state index contributed by atoms with van der Waals surface area (Å²) in [6, 6.07) is 14.8. The van der Waals surface area contributed by atoms with Crippen molar-refractivity contribution in [2.45, 2.75) is 18.8 Å². The monoisotopic (exact) mass is 280 g/mol. The van der Waals surface area contributed by atoms with Crippen LogP contribution in [0.3, 0.4) is 0 Å². The standard InChI is InChI=1S/C18H16O3/c1-21-18(20)16-10-7-13-11-14(8-9-15(13)16)17(19)12-5-3-2-4-6-12/h2-6,8-9,11,16H,7,10H2,1H3. The van der Waals surface area contributed by atoms with Crippen LogP contribution in [0.4, 0.5) is 0 Å². The molecule has 21 heavy (non-hydrogen) atoms. The number of methoxy groups -OCH3 is 1. The third-order valence-electron chi connectivity index (χ3n) is 4.00. The molecular weight excluding hydrogens is 264 g/mol. The van der Waals surface area contributed by atoms with E-state index in [1.807, 2.05) is 42.5 Å². The van der Waals surface area contributed by atoms with Gasteiger partial charge in [-0.3, -0.25) is 9.59 Å². The predicted molar refractivity (Wildman–Crippen MR) is 79.4 cm³/mol. The Morgan fingerprint density at radius 1 is 1.05 bits per heavy atom. The zero-order valence-electron chi connectivity index (χ0n) is 11.8. The summed E-state index contributed by atoms with van der Waals surface area (Å²) in [5.74, 6) is -0.373. The van der Waals surface area contributed by atoms with Gasteiger partial charge in [0.1, 0.15) is 0 Å². The molecule has 0 saturated carbocycles. The highest BCUT2D eigenvalue weighted by atomic mass is 16.5. The molecule has 1 aliphatic carbocycles. The Hall–Kier alpha value is -2.42. The van der Waals surface area contributed by atoms with Crippen LogP contribution in [0.5, 0.6) is 0 Å². The van der Waals surface area contributed by atoms with Gasteiger partial charge in [-0.05, 0) is 30.0 Å². The van der Waals surface area contributed by atoms with Crippen molar-refractivity contribution in [2.24, 2.45) is 0 Å². The lowest BCUT2D eigenvalue weighted by atomic mass is 9.96. The summed E-state index contributed by atoms with van der Waals surface area (Å²) in [6.45, 7) is 0. The van der Waals surface area contributed by atoms with Crippen LogP contribution in [-0.4, -0.2) is 18.9 Å². The molecule has 0 spiro atoms. The van der Waals surface area contributed by atoms with E-state index in [2.05, 4.69) is 0 Å². The van der Waals surface area contributed by atoms with E-state index in [4.69, 9.17) is 4.74 Å². The summed E-state index contributed by atoms with van der Waals surface area (Å²) in [4.78, 5) is 24.2. The first-order valence-electron chi connectivity index (χ1n) is 7.01. The second-order valence-corrected chi connectivity index (χ2v) is 5.22. The molecule has 3 rings (SSSR count). The molecule has 106 valence electrons. The van der Waals surface area contributed by atoms with Crippen LogP contribution in [-0.2, 0) is 16.0 Å². The van der Waals surface area contributed by atoms with Gasteiger partial charge in [0.15, 0.2) is 5.78 Å².